The van der Waals surface area contributed by atoms with E-state index in [-0.39, 0.29) is 5.54 Å². The van der Waals surface area contributed by atoms with Crippen LogP contribution in [0.4, 0.5) is 0 Å². The van der Waals surface area contributed by atoms with Gasteiger partial charge < -0.3 is 15.4 Å². The highest BCUT2D eigenvalue weighted by Crippen LogP contribution is 2.19. The van der Waals surface area contributed by atoms with Gasteiger partial charge >= 0.3 is 0 Å². The molecule has 1 unspecified atom stereocenters. The second kappa shape index (κ2) is 6.03. The van der Waals surface area contributed by atoms with Gasteiger partial charge in [-0.3, -0.25) is 0 Å². The van der Waals surface area contributed by atoms with Gasteiger partial charge in [-0.1, -0.05) is 25.1 Å². The zero-order chi connectivity index (χ0) is 12.9. The Morgan fingerprint density at radius 3 is 2.59 bits per heavy atom. The van der Waals surface area contributed by atoms with Gasteiger partial charge in [-0.25, -0.2) is 0 Å². The molecule has 0 bridgehead atoms. The summed E-state index contributed by atoms with van der Waals surface area (Å²) in [6.07, 6.45) is 0.975. The smallest absolute Gasteiger partial charge is 0.123 e. The van der Waals surface area contributed by atoms with Crippen LogP contribution in [0.25, 0.3) is 0 Å². The first-order chi connectivity index (χ1) is 7.98. The lowest BCUT2D eigenvalue weighted by Gasteiger charge is -2.29. The molecule has 0 heterocycles. The third-order valence-electron chi connectivity index (χ3n) is 3.07. The molecule has 0 saturated heterocycles. The number of nitrogens with zero attached hydrogens (tertiary/aromatic N) is 1. The van der Waals surface area contributed by atoms with Crippen LogP contribution in [0.15, 0.2) is 24.3 Å². The van der Waals surface area contributed by atoms with Crippen molar-refractivity contribution < 1.29 is 4.74 Å². The lowest BCUT2D eigenvalue weighted by atomic mass is 10.00. The van der Waals surface area contributed by atoms with Crippen LogP contribution < -0.4 is 10.5 Å². The van der Waals surface area contributed by atoms with Gasteiger partial charge in [-0.2, -0.15) is 0 Å². The average Bonchev–Trinajstić information content (AvgIpc) is 2.29. The Morgan fingerprint density at radius 2 is 2.00 bits per heavy atom. The molecule has 3 nitrogen and oxygen atoms in total. The highest BCUT2D eigenvalue weighted by Gasteiger charge is 2.18. The fraction of sp³-hybridized carbons (Fsp3) is 0.571. The normalized spacial score (nSPS) is 14.7. The quantitative estimate of drug-likeness (QED) is 0.823. The molecule has 0 aliphatic heterocycles. The molecular formula is C14H24N2O. The van der Waals surface area contributed by atoms with E-state index in [4.69, 9.17) is 10.5 Å². The van der Waals surface area contributed by atoms with E-state index in [1.54, 1.807) is 7.11 Å². The van der Waals surface area contributed by atoms with Crippen LogP contribution in [0.5, 0.6) is 5.75 Å². The van der Waals surface area contributed by atoms with Gasteiger partial charge in [0.05, 0.1) is 7.11 Å². The van der Waals surface area contributed by atoms with Crippen LogP contribution in [0.3, 0.4) is 0 Å². The molecule has 0 aliphatic rings. The molecule has 1 aromatic rings. The van der Waals surface area contributed by atoms with Gasteiger partial charge in [0.2, 0.25) is 0 Å². The molecule has 0 radical (unpaired) electrons. The molecule has 2 N–H and O–H groups in total. The predicted octanol–water partition coefficient (Wildman–Crippen LogP) is 2.25. The summed E-state index contributed by atoms with van der Waals surface area (Å²) in [6, 6.07) is 8.11. The molecule has 0 spiro atoms. The van der Waals surface area contributed by atoms with Gasteiger partial charge in [-0.05, 0) is 26.5 Å². The van der Waals surface area contributed by atoms with Crippen LogP contribution in [-0.2, 0) is 6.54 Å². The minimum atomic E-state index is -0.128. The zero-order valence-electron chi connectivity index (χ0n) is 11.4. The molecule has 0 aromatic heterocycles. The van der Waals surface area contributed by atoms with Crippen molar-refractivity contribution >= 4 is 0 Å². The third-order valence-corrected chi connectivity index (χ3v) is 3.07. The molecule has 96 valence electrons. The van der Waals surface area contributed by atoms with Crippen LogP contribution in [0.2, 0.25) is 0 Å². The molecule has 0 saturated carbocycles. The molecule has 1 rings (SSSR count). The van der Waals surface area contributed by atoms with E-state index in [1.165, 1.54) is 5.56 Å². The number of ether oxygens (including phenoxy) is 1. The van der Waals surface area contributed by atoms with E-state index < -0.39 is 0 Å². The van der Waals surface area contributed by atoms with Gasteiger partial charge in [0.25, 0.3) is 0 Å². The maximum atomic E-state index is 6.17. The van der Waals surface area contributed by atoms with Gasteiger partial charge in [0.15, 0.2) is 0 Å². The molecule has 1 atom stereocenters. The second-order valence-electron chi connectivity index (χ2n) is 4.99. The number of hydrogen-bond acceptors (Lipinski definition) is 3. The van der Waals surface area contributed by atoms with Crippen molar-refractivity contribution in [1.82, 2.24) is 4.90 Å². The number of methoxy groups -OCH3 is 1. The van der Waals surface area contributed by atoms with E-state index in [0.29, 0.717) is 0 Å². The topological polar surface area (TPSA) is 38.5 Å². The van der Waals surface area contributed by atoms with Crippen LogP contribution in [-0.4, -0.2) is 31.1 Å². The summed E-state index contributed by atoms with van der Waals surface area (Å²) in [4.78, 5) is 2.24. The minimum Gasteiger partial charge on any atom is -0.496 e. The van der Waals surface area contributed by atoms with Crippen molar-refractivity contribution in [2.75, 3.05) is 20.7 Å². The summed E-state index contributed by atoms with van der Waals surface area (Å²) in [5, 5.41) is 0. The van der Waals surface area contributed by atoms with Crippen LogP contribution in [0.1, 0.15) is 25.8 Å². The highest BCUT2D eigenvalue weighted by molar-refractivity contribution is 5.33. The van der Waals surface area contributed by atoms with Gasteiger partial charge in [0.1, 0.15) is 5.75 Å². The van der Waals surface area contributed by atoms with E-state index >= 15 is 0 Å². The van der Waals surface area contributed by atoms with Crippen LogP contribution >= 0.6 is 0 Å². The molecule has 17 heavy (non-hydrogen) atoms. The largest absolute Gasteiger partial charge is 0.496 e. The lowest BCUT2D eigenvalue weighted by molar-refractivity contribution is 0.243. The van der Waals surface area contributed by atoms with Crippen molar-refractivity contribution in [3.63, 3.8) is 0 Å². The first-order valence-corrected chi connectivity index (χ1v) is 6.08. The number of rotatable bonds is 6. The number of likely N-dealkylation sites (N-methyl/N-ethyl adjacent to an activating group) is 1. The first kappa shape index (κ1) is 14.0. The fourth-order valence-corrected chi connectivity index (χ4v) is 1.91. The van der Waals surface area contributed by atoms with Crippen molar-refractivity contribution in [1.29, 1.82) is 0 Å². The minimum absolute atomic E-state index is 0.128. The Hall–Kier alpha value is -1.06. The maximum Gasteiger partial charge on any atom is 0.123 e. The summed E-state index contributed by atoms with van der Waals surface area (Å²) in [6.45, 7) is 5.95. The molecule has 0 amide bonds. The monoisotopic (exact) mass is 236 g/mol. The van der Waals surface area contributed by atoms with Gasteiger partial charge in [-0.15, -0.1) is 0 Å². The average molecular weight is 236 g/mol. The van der Waals surface area contributed by atoms with Crippen molar-refractivity contribution in [2.45, 2.75) is 32.4 Å². The van der Waals surface area contributed by atoms with Crippen molar-refractivity contribution in [3.8, 4) is 5.75 Å². The molecule has 0 fully saturated rings. The fourth-order valence-electron chi connectivity index (χ4n) is 1.91. The van der Waals surface area contributed by atoms with Crippen LogP contribution in [0, 0.1) is 0 Å². The summed E-state index contributed by atoms with van der Waals surface area (Å²) in [5.74, 6) is 0.939. The Balaban J connectivity index is 2.65. The SMILES string of the molecule is CCC(C)(N)CN(C)Cc1ccccc1OC. The number of benzene rings is 1. The third kappa shape index (κ3) is 4.36. The van der Waals surface area contributed by atoms with E-state index in [9.17, 15) is 0 Å². The predicted molar refractivity (Wildman–Crippen MR) is 72.2 cm³/mol. The Kier molecular flexibility index (Phi) is 4.97. The summed E-state index contributed by atoms with van der Waals surface area (Å²) in [7, 11) is 3.80. The molecular weight excluding hydrogens is 212 g/mol. The Morgan fingerprint density at radius 1 is 1.35 bits per heavy atom. The number of hydrogen-bond donors (Lipinski definition) is 1. The highest BCUT2D eigenvalue weighted by atomic mass is 16.5. The molecule has 3 heteroatoms. The van der Waals surface area contributed by atoms with Gasteiger partial charge in [0, 0.05) is 24.2 Å². The molecule has 1 aromatic carbocycles. The second-order valence-corrected chi connectivity index (χ2v) is 4.99. The van der Waals surface area contributed by atoms with Crippen molar-refractivity contribution in [3.05, 3.63) is 29.8 Å². The maximum absolute atomic E-state index is 6.17. The standard InChI is InChI=1S/C14H24N2O/c1-5-14(2,15)11-16(3)10-12-8-6-7-9-13(12)17-4/h6-9H,5,10-11,15H2,1-4H3. The van der Waals surface area contributed by atoms with E-state index in [2.05, 4.69) is 31.9 Å². The Labute approximate surface area is 105 Å². The number of nitrogens with two attached hydrogens (primary N) is 1. The zero-order valence-corrected chi connectivity index (χ0v) is 11.4. The lowest BCUT2D eigenvalue weighted by Crippen LogP contribution is -2.45. The summed E-state index contributed by atoms with van der Waals surface area (Å²) in [5.41, 5.74) is 7.24. The van der Waals surface area contributed by atoms with Crippen molar-refractivity contribution in [2.24, 2.45) is 5.73 Å². The van der Waals surface area contributed by atoms with E-state index in [1.807, 2.05) is 18.2 Å². The van der Waals surface area contributed by atoms with E-state index in [0.717, 1.165) is 25.3 Å². The Bertz CT molecular complexity index is 350. The molecule has 0 aliphatic carbocycles. The number of para-hydroxylation sites is 1. The summed E-state index contributed by atoms with van der Waals surface area (Å²) < 4.78 is 5.34. The summed E-state index contributed by atoms with van der Waals surface area (Å²) >= 11 is 0. The first-order valence-electron chi connectivity index (χ1n) is 6.08.